The van der Waals surface area contributed by atoms with Gasteiger partial charge in [-0.15, -0.1) is 0 Å². The fraction of sp³-hybridized carbons (Fsp3) is 0.300. The molecule has 126 valence electrons. The Morgan fingerprint density at radius 1 is 0.960 bits per heavy atom. The smallest absolute Gasteiger partial charge is 0.162 e. The summed E-state index contributed by atoms with van der Waals surface area (Å²) >= 11 is 0. The maximum Gasteiger partial charge on any atom is 0.162 e. The Morgan fingerprint density at radius 2 is 1.80 bits per heavy atom. The van der Waals surface area contributed by atoms with Crippen LogP contribution in [0.5, 0.6) is 0 Å². The van der Waals surface area contributed by atoms with Crippen LogP contribution in [0.3, 0.4) is 0 Å². The van der Waals surface area contributed by atoms with Gasteiger partial charge in [0.05, 0.1) is 5.52 Å². The minimum Gasteiger partial charge on any atom is -0.356 e. The Balaban J connectivity index is 1.61. The first-order chi connectivity index (χ1) is 12.4. The molecule has 5 rings (SSSR count). The van der Waals surface area contributed by atoms with Crippen molar-refractivity contribution in [1.82, 2.24) is 20.8 Å². The zero-order valence-corrected chi connectivity index (χ0v) is 14.0. The molecule has 2 atom stereocenters. The summed E-state index contributed by atoms with van der Waals surface area (Å²) in [7, 11) is 0. The van der Waals surface area contributed by atoms with E-state index >= 15 is 0 Å². The van der Waals surface area contributed by atoms with Gasteiger partial charge in [0.25, 0.3) is 0 Å². The van der Waals surface area contributed by atoms with Crippen molar-refractivity contribution in [1.29, 1.82) is 0 Å². The Kier molecular flexibility index (Phi) is 3.61. The van der Waals surface area contributed by atoms with Crippen LogP contribution in [0.15, 0.2) is 54.6 Å². The van der Waals surface area contributed by atoms with E-state index in [1.54, 1.807) is 0 Å². The lowest BCUT2D eigenvalue weighted by atomic mass is 9.94. The van der Waals surface area contributed by atoms with Crippen molar-refractivity contribution in [3.05, 3.63) is 54.6 Å². The molecule has 2 aliphatic heterocycles. The number of nitrogens with one attached hydrogen (secondary N) is 2. The van der Waals surface area contributed by atoms with Gasteiger partial charge >= 0.3 is 0 Å². The molecule has 0 aliphatic carbocycles. The molecule has 5 heteroatoms. The van der Waals surface area contributed by atoms with Gasteiger partial charge in [0.2, 0.25) is 0 Å². The molecule has 2 saturated heterocycles. The number of piperidine rings is 1. The van der Waals surface area contributed by atoms with Crippen molar-refractivity contribution in [2.24, 2.45) is 5.92 Å². The molecule has 2 N–H and O–H groups in total. The van der Waals surface area contributed by atoms with Crippen molar-refractivity contribution in [3.63, 3.8) is 0 Å². The van der Waals surface area contributed by atoms with E-state index in [1.807, 2.05) is 24.3 Å². The van der Waals surface area contributed by atoms with E-state index in [4.69, 9.17) is 9.97 Å². The summed E-state index contributed by atoms with van der Waals surface area (Å²) in [5.74, 6) is 2.50. The van der Waals surface area contributed by atoms with Crippen molar-refractivity contribution >= 4 is 16.7 Å². The molecule has 2 aromatic carbocycles. The molecule has 0 spiro atoms. The average molecular weight is 331 g/mol. The van der Waals surface area contributed by atoms with Crippen molar-refractivity contribution in [2.45, 2.75) is 12.5 Å². The van der Waals surface area contributed by atoms with Crippen LogP contribution in [0.2, 0.25) is 0 Å². The van der Waals surface area contributed by atoms with Crippen LogP contribution in [0.1, 0.15) is 6.42 Å². The van der Waals surface area contributed by atoms with Crippen LogP contribution in [-0.2, 0) is 0 Å². The Hall–Kier alpha value is -2.50. The number of fused-ring (bicyclic) bond motifs is 2. The van der Waals surface area contributed by atoms with E-state index in [2.05, 4.69) is 46.1 Å². The largest absolute Gasteiger partial charge is 0.356 e. The summed E-state index contributed by atoms with van der Waals surface area (Å²) in [6.45, 7) is 3.07. The van der Waals surface area contributed by atoms with Gasteiger partial charge in [0.15, 0.2) is 5.82 Å². The van der Waals surface area contributed by atoms with Gasteiger partial charge < -0.3 is 4.90 Å². The highest BCUT2D eigenvalue weighted by Gasteiger charge is 2.33. The number of benzene rings is 2. The molecule has 0 bridgehead atoms. The second-order valence-corrected chi connectivity index (χ2v) is 6.88. The highest BCUT2D eigenvalue weighted by Crippen LogP contribution is 2.31. The van der Waals surface area contributed by atoms with Crippen LogP contribution in [0, 0.1) is 5.92 Å². The molecule has 1 aromatic heterocycles. The second kappa shape index (κ2) is 6.10. The number of anilines is 1. The summed E-state index contributed by atoms with van der Waals surface area (Å²) in [6.07, 6.45) is 1.14. The molecule has 0 radical (unpaired) electrons. The predicted octanol–water partition coefficient (Wildman–Crippen LogP) is 2.60. The van der Waals surface area contributed by atoms with Gasteiger partial charge in [-0.2, -0.15) is 0 Å². The molecule has 3 heterocycles. The summed E-state index contributed by atoms with van der Waals surface area (Å²) < 4.78 is 0. The van der Waals surface area contributed by atoms with Crippen LogP contribution < -0.4 is 15.8 Å². The molecule has 5 nitrogen and oxygen atoms in total. The first kappa shape index (κ1) is 14.8. The molecule has 2 unspecified atom stereocenters. The van der Waals surface area contributed by atoms with Gasteiger partial charge in [-0.1, -0.05) is 42.5 Å². The quantitative estimate of drug-likeness (QED) is 0.756. The number of para-hydroxylation sites is 1. The Labute approximate surface area is 147 Å². The third-order valence-electron chi connectivity index (χ3n) is 5.30. The zero-order chi connectivity index (χ0) is 16.6. The minimum atomic E-state index is 0.581. The minimum absolute atomic E-state index is 0.581. The molecule has 3 aromatic rings. The number of hydrogen-bond donors (Lipinski definition) is 2. The number of hydrazine groups is 1. The predicted molar refractivity (Wildman–Crippen MR) is 100 cm³/mol. The normalized spacial score (nSPS) is 23.0. The summed E-state index contributed by atoms with van der Waals surface area (Å²) in [4.78, 5) is 12.2. The fourth-order valence-corrected chi connectivity index (χ4v) is 3.96. The summed E-state index contributed by atoms with van der Waals surface area (Å²) in [5.41, 5.74) is 8.77. The van der Waals surface area contributed by atoms with Gasteiger partial charge in [0, 0.05) is 42.5 Å². The van der Waals surface area contributed by atoms with E-state index in [0.29, 0.717) is 12.0 Å². The number of hydrogen-bond acceptors (Lipinski definition) is 5. The maximum atomic E-state index is 4.98. The highest BCUT2D eigenvalue weighted by atomic mass is 15.4. The first-order valence-corrected chi connectivity index (χ1v) is 8.94. The highest BCUT2D eigenvalue weighted by molar-refractivity contribution is 5.91. The third kappa shape index (κ3) is 2.65. The third-order valence-corrected chi connectivity index (χ3v) is 5.30. The van der Waals surface area contributed by atoms with E-state index in [0.717, 1.165) is 54.2 Å². The average Bonchev–Trinajstić information content (AvgIpc) is 3.15. The number of rotatable bonds is 2. The second-order valence-electron chi connectivity index (χ2n) is 6.88. The zero-order valence-electron chi connectivity index (χ0n) is 14.0. The van der Waals surface area contributed by atoms with Gasteiger partial charge in [0.1, 0.15) is 5.82 Å². The lowest BCUT2D eigenvalue weighted by Crippen LogP contribution is -2.45. The van der Waals surface area contributed by atoms with E-state index < -0.39 is 0 Å². The SMILES string of the molecule is c1ccc(-c2nc(N3CCC4NNCC4C3)c3ccccc3n2)cc1. The molecular weight excluding hydrogens is 310 g/mol. The van der Waals surface area contributed by atoms with Gasteiger partial charge in [-0.3, -0.25) is 10.9 Å². The van der Waals surface area contributed by atoms with Crippen LogP contribution >= 0.6 is 0 Å². The standard InChI is InChI=1S/C20H21N5/c1-2-6-14(7-3-1)19-22-18-9-5-4-8-16(18)20(23-19)25-11-10-17-15(13-25)12-21-24-17/h1-9,15,17,21,24H,10-13H2. The topological polar surface area (TPSA) is 53.1 Å². The lowest BCUT2D eigenvalue weighted by molar-refractivity contribution is 0.383. The van der Waals surface area contributed by atoms with Gasteiger partial charge in [-0.05, 0) is 18.6 Å². The molecular formula is C20H21N5. The van der Waals surface area contributed by atoms with Crippen molar-refractivity contribution in [3.8, 4) is 11.4 Å². The van der Waals surface area contributed by atoms with E-state index in [1.165, 1.54) is 0 Å². The van der Waals surface area contributed by atoms with Crippen LogP contribution in [0.25, 0.3) is 22.3 Å². The molecule has 2 fully saturated rings. The monoisotopic (exact) mass is 331 g/mol. The lowest BCUT2D eigenvalue weighted by Gasteiger charge is -2.35. The number of nitrogens with zero attached hydrogens (tertiary/aromatic N) is 3. The first-order valence-electron chi connectivity index (χ1n) is 8.94. The molecule has 0 amide bonds. The van der Waals surface area contributed by atoms with E-state index in [-0.39, 0.29) is 0 Å². The fourth-order valence-electron chi connectivity index (χ4n) is 3.96. The Morgan fingerprint density at radius 3 is 2.72 bits per heavy atom. The maximum absolute atomic E-state index is 4.98. The van der Waals surface area contributed by atoms with Crippen LogP contribution in [0.4, 0.5) is 5.82 Å². The summed E-state index contributed by atoms with van der Waals surface area (Å²) in [6, 6.07) is 19.2. The van der Waals surface area contributed by atoms with Gasteiger partial charge in [-0.25, -0.2) is 9.97 Å². The van der Waals surface area contributed by atoms with Crippen molar-refractivity contribution < 1.29 is 0 Å². The summed E-state index contributed by atoms with van der Waals surface area (Å²) in [5, 5.41) is 1.14. The Bertz CT molecular complexity index is 895. The van der Waals surface area contributed by atoms with E-state index in [9.17, 15) is 0 Å². The van der Waals surface area contributed by atoms with Crippen molar-refractivity contribution in [2.75, 3.05) is 24.5 Å². The number of aromatic nitrogens is 2. The molecule has 25 heavy (non-hydrogen) atoms. The van der Waals surface area contributed by atoms with Crippen LogP contribution in [-0.4, -0.2) is 35.6 Å². The molecule has 0 saturated carbocycles. The molecule has 2 aliphatic rings.